The van der Waals surface area contributed by atoms with Gasteiger partial charge in [-0.25, -0.2) is 12.7 Å². The molecule has 0 bridgehead atoms. The Morgan fingerprint density at radius 2 is 1.76 bits per heavy atom. The number of benzene rings is 1. The highest BCUT2D eigenvalue weighted by molar-refractivity contribution is 7.88. The molecule has 2 unspecified atom stereocenters. The Morgan fingerprint density at radius 1 is 1.10 bits per heavy atom. The zero-order valence-corrected chi connectivity index (χ0v) is 18.7. The summed E-state index contributed by atoms with van der Waals surface area (Å²) >= 11 is 0. The molecular weight excluding hydrogens is 386 g/mol. The Kier molecular flexibility index (Phi) is 7.35. The van der Waals surface area contributed by atoms with E-state index in [2.05, 4.69) is 36.3 Å². The van der Waals surface area contributed by atoms with Gasteiger partial charge in [0.2, 0.25) is 15.9 Å². The summed E-state index contributed by atoms with van der Waals surface area (Å²) in [5.41, 5.74) is 2.13. The third kappa shape index (κ3) is 6.27. The molecule has 2 saturated heterocycles. The van der Waals surface area contributed by atoms with E-state index in [-0.39, 0.29) is 11.8 Å². The summed E-state index contributed by atoms with van der Waals surface area (Å²) in [6.07, 6.45) is 5.96. The third-order valence-electron chi connectivity index (χ3n) is 6.61. The van der Waals surface area contributed by atoms with Crippen LogP contribution in [0.4, 0.5) is 5.69 Å². The number of nitrogens with one attached hydrogen (secondary N) is 1. The number of amides is 1. The molecule has 2 atom stereocenters. The Bertz CT molecular complexity index is 786. The smallest absolute Gasteiger partial charge is 0.227 e. The third-order valence-corrected chi connectivity index (χ3v) is 7.91. The van der Waals surface area contributed by atoms with Crippen molar-refractivity contribution < 1.29 is 13.2 Å². The predicted octanol–water partition coefficient (Wildman–Crippen LogP) is 2.82. The highest BCUT2D eigenvalue weighted by Crippen LogP contribution is 2.27. The minimum absolute atomic E-state index is 0.00829. The average molecular weight is 422 g/mol. The van der Waals surface area contributed by atoms with Crippen molar-refractivity contribution in [1.29, 1.82) is 0 Å². The van der Waals surface area contributed by atoms with Crippen molar-refractivity contribution in [2.45, 2.75) is 39.0 Å². The molecule has 162 valence electrons. The first-order valence-corrected chi connectivity index (χ1v) is 12.6. The first kappa shape index (κ1) is 22.2. The minimum atomic E-state index is -3.16. The number of sulfonamides is 1. The maximum absolute atomic E-state index is 12.5. The van der Waals surface area contributed by atoms with Gasteiger partial charge in [-0.2, -0.15) is 0 Å². The molecule has 0 saturated carbocycles. The number of piperidine rings is 2. The molecular formula is C22H35N3O3S. The fourth-order valence-corrected chi connectivity index (χ4v) is 5.51. The molecule has 2 aliphatic heterocycles. The zero-order chi connectivity index (χ0) is 21.0. The summed E-state index contributed by atoms with van der Waals surface area (Å²) in [7, 11) is -0.956. The van der Waals surface area contributed by atoms with Gasteiger partial charge >= 0.3 is 0 Å². The molecule has 2 heterocycles. The average Bonchev–Trinajstić information content (AvgIpc) is 2.68. The first-order valence-electron chi connectivity index (χ1n) is 10.8. The second-order valence-electron chi connectivity index (χ2n) is 8.95. The number of likely N-dealkylation sites (tertiary alicyclic amines) is 1. The largest absolute Gasteiger partial charge is 0.326 e. The second kappa shape index (κ2) is 9.58. The zero-order valence-electron chi connectivity index (χ0n) is 17.9. The molecule has 1 aromatic carbocycles. The molecule has 0 spiro atoms. The van der Waals surface area contributed by atoms with Crippen molar-refractivity contribution in [2.75, 3.05) is 44.8 Å². The van der Waals surface area contributed by atoms with E-state index in [0.717, 1.165) is 23.9 Å². The van der Waals surface area contributed by atoms with Gasteiger partial charge in [-0.15, -0.1) is 0 Å². The topological polar surface area (TPSA) is 69.7 Å². The molecule has 7 heteroatoms. The Hall–Kier alpha value is -1.44. The molecule has 1 N–H and O–H groups in total. The number of rotatable bonds is 6. The van der Waals surface area contributed by atoms with E-state index in [1.54, 1.807) is 0 Å². The minimum Gasteiger partial charge on any atom is -0.326 e. The van der Waals surface area contributed by atoms with Crippen LogP contribution in [0.5, 0.6) is 0 Å². The lowest BCUT2D eigenvalue weighted by atomic mass is 9.83. The summed E-state index contributed by atoms with van der Waals surface area (Å²) in [5, 5.41) is 3.00. The van der Waals surface area contributed by atoms with Gasteiger partial charge in [0.05, 0.1) is 6.26 Å². The van der Waals surface area contributed by atoms with Crippen LogP contribution in [0.3, 0.4) is 0 Å². The van der Waals surface area contributed by atoms with Crippen LogP contribution in [0.2, 0.25) is 0 Å². The van der Waals surface area contributed by atoms with E-state index >= 15 is 0 Å². The van der Waals surface area contributed by atoms with Crippen LogP contribution in [-0.4, -0.2) is 63.0 Å². The van der Waals surface area contributed by atoms with Crippen molar-refractivity contribution >= 4 is 21.6 Å². The van der Waals surface area contributed by atoms with Crippen molar-refractivity contribution in [2.24, 2.45) is 17.8 Å². The van der Waals surface area contributed by atoms with Gasteiger partial charge in [0.1, 0.15) is 0 Å². The van der Waals surface area contributed by atoms with Gasteiger partial charge in [0.15, 0.2) is 0 Å². The van der Waals surface area contributed by atoms with Gasteiger partial charge in [-0.3, -0.25) is 4.79 Å². The fourth-order valence-electron chi connectivity index (χ4n) is 4.63. The lowest BCUT2D eigenvalue weighted by Crippen LogP contribution is -2.40. The summed E-state index contributed by atoms with van der Waals surface area (Å²) in [4.78, 5) is 14.9. The van der Waals surface area contributed by atoms with Gasteiger partial charge < -0.3 is 10.2 Å². The maximum Gasteiger partial charge on any atom is 0.227 e. The fraction of sp³-hybridized carbons (Fsp3) is 0.682. The Balaban J connectivity index is 1.45. The van der Waals surface area contributed by atoms with E-state index in [1.807, 2.05) is 12.1 Å². The lowest BCUT2D eigenvalue weighted by Gasteiger charge is -2.34. The molecule has 29 heavy (non-hydrogen) atoms. The van der Waals surface area contributed by atoms with Crippen molar-refractivity contribution in [1.82, 2.24) is 9.21 Å². The number of hydrogen-bond acceptors (Lipinski definition) is 4. The normalized spacial score (nSPS) is 25.1. The molecule has 2 fully saturated rings. The first-order chi connectivity index (χ1) is 13.7. The SMILES string of the molecule is CC1CN(C)CCC1CCc1ccc(NC(=O)C2CCN(S(C)(=O)=O)CC2)cc1. The van der Waals surface area contributed by atoms with Crippen LogP contribution in [0, 0.1) is 17.8 Å². The molecule has 0 aromatic heterocycles. The maximum atomic E-state index is 12.5. The van der Waals surface area contributed by atoms with Gasteiger partial charge in [0.25, 0.3) is 0 Å². The molecule has 6 nitrogen and oxygen atoms in total. The van der Waals surface area contributed by atoms with Crippen LogP contribution in [0.1, 0.15) is 38.2 Å². The molecule has 0 radical (unpaired) electrons. The number of carbonyl (C=O) groups is 1. The number of aryl methyl sites for hydroxylation is 1. The molecule has 2 aliphatic rings. The van der Waals surface area contributed by atoms with E-state index in [4.69, 9.17) is 0 Å². The molecule has 3 rings (SSSR count). The summed E-state index contributed by atoms with van der Waals surface area (Å²) in [6.45, 7) is 5.59. The molecule has 1 amide bonds. The number of nitrogens with zero attached hydrogens (tertiary/aromatic N) is 2. The monoisotopic (exact) mass is 421 g/mol. The lowest BCUT2D eigenvalue weighted by molar-refractivity contribution is -0.120. The molecule has 0 aliphatic carbocycles. The van der Waals surface area contributed by atoms with Gasteiger partial charge in [-0.05, 0) is 75.2 Å². The number of carbonyl (C=O) groups excluding carboxylic acids is 1. The number of anilines is 1. The van der Waals surface area contributed by atoms with Crippen LogP contribution in [0.15, 0.2) is 24.3 Å². The van der Waals surface area contributed by atoms with Gasteiger partial charge in [0, 0.05) is 31.2 Å². The van der Waals surface area contributed by atoms with Crippen LogP contribution in [-0.2, 0) is 21.2 Å². The van der Waals surface area contributed by atoms with Crippen LogP contribution in [0.25, 0.3) is 0 Å². The van der Waals surface area contributed by atoms with E-state index < -0.39 is 10.0 Å². The van der Waals surface area contributed by atoms with Crippen LogP contribution >= 0.6 is 0 Å². The van der Waals surface area contributed by atoms with Crippen molar-refractivity contribution in [3.05, 3.63) is 29.8 Å². The van der Waals surface area contributed by atoms with Gasteiger partial charge in [-0.1, -0.05) is 19.1 Å². The Labute approximate surface area is 175 Å². The van der Waals surface area contributed by atoms with Crippen molar-refractivity contribution in [3.8, 4) is 0 Å². The van der Waals surface area contributed by atoms with Crippen molar-refractivity contribution in [3.63, 3.8) is 0 Å². The highest BCUT2D eigenvalue weighted by Gasteiger charge is 2.29. The Morgan fingerprint density at radius 3 is 2.34 bits per heavy atom. The summed E-state index contributed by atoms with van der Waals surface area (Å²) in [6, 6.07) is 8.19. The van der Waals surface area contributed by atoms with E-state index in [1.165, 1.54) is 42.1 Å². The highest BCUT2D eigenvalue weighted by atomic mass is 32.2. The predicted molar refractivity (Wildman–Crippen MR) is 117 cm³/mol. The summed E-state index contributed by atoms with van der Waals surface area (Å²) < 4.78 is 24.6. The standard InChI is InChI=1S/C22H35N3O3S/c1-17-16-24(2)13-10-19(17)7-4-18-5-8-21(9-6-18)23-22(26)20-11-14-25(15-12-20)29(3,27)28/h5-6,8-9,17,19-20H,4,7,10-16H2,1-3H3,(H,23,26). The van der Waals surface area contributed by atoms with E-state index in [9.17, 15) is 13.2 Å². The quantitative estimate of drug-likeness (QED) is 0.767. The van der Waals surface area contributed by atoms with E-state index in [0.29, 0.717) is 25.9 Å². The number of hydrogen-bond donors (Lipinski definition) is 1. The molecule has 1 aromatic rings. The van der Waals surface area contributed by atoms with Crippen LogP contribution < -0.4 is 5.32 Å². The second-order valence-corrected chi connectivity index (χ2v) is 10.9. The summed E-state index contributed by atoms with van der Waals surface area (Å²) in [5.74, 6) is 1.41.